The van der Waals surface area contributed by atoms with Crippen LogP contribution in [-0.2, 0) is 11.3 Å². The molecule has 1 atom stereocenters. The van der Waals surface area contributed by atoms with E-state index in [-0.39, 0.29) is 12.3 Å². The molecule has 3 nitrogen and oxygen atoms in total. The van der Waals surface area contributed by atoms with Gasteiger partial charge in [0.05, 0.1) is 6.04 Å². The Morgan fingerprint density at radius 1 is 0.857 bits per heavy atom. The van der Waals surface area contributed by atoms with Gasteiger partial charge in [-0.1, -0.05) is 83.9 Å². The molecule has 3 aromatic rings. The first-order valence-corrected chi connectivity index (χ1v) is 9.60. The van der Waals surface area contributed by atoms with Gasteiger partial charge in [0.15, 0.2) is 5.76 Å². The topological polar surface area (TPSA) is 40.5 Å². The Balaban J connectivity index is 1.82. The molecule has 1 N–H and O–H groups in total. The summed E-state index contributed by atoms with van der Waals surface area (Å²) in [6.07, 6.45) is 0. The van der Waals surface area contributed by atoms with Gasteiger partial charge in [-0.2, -0.15) is 0 Å². The molecule has 1 aliphatic rings. The van der Waals surface area contributed by atoms with Crippen LogP contribution in [-0.4, -0.2) is 15.9 Å². The van der Waals surface area contributed by atoms with Gasteiger partial charge in [0.1, 0.15) is 0 Å². The maximum atomic E-state index is 13.0. The number of nitrogens with zero attached hydrogens (tertiary/aromatic N) is 1. The smallest absolute Gasteiger partial charge is 0.290 e. The van der Waals surface area contributed by atoms with Crippen molar-refractivity contribution in [3.63, 3.8) is 0 Å². The lowest BCUT2D eigenvalue weighted by Crippen LogP contribution is -2.30. The summed E-state index contributed by atoms with van der Waals surface area (Å²) < 4.78 is 0. The van der Waals surface area contributed by atoms with Crippen LogP contribution in [0.15, 0.2) is 84.6 Å². The summed E-state index contributed by atoms with van der Waals surface area (Å²) in [6.45, 7) is 0.284. The van der Waals surface area contributed by atoms with Crippen LogP contribution >= 0.6 is 23.2 Å². The fourth-order valence-corrected chi connectivity index (χ4v) is 3.85. The third kappa shape index (κ3) is 3.39. The molecule has 1 aliphatic heterocycles. The average Bonchev–Trinajstić information content (AvgIpc) is 2.96. The third-order valence-corrected chi connectivity index (χ3v) is 5.49. The van der Waals surface area contributed by atoms with Crippen molar-refractivity contribution in [2.24, 2.45) is 0 Å². The molecule has 0 saturated heterocycles. The zero-order valence-electron chi connectivity index (χ0n) is 14.8. The van der Waals surface area contributed by atoms with Crippen molar-refractivity contribution in [1.82, 2.24) is 4.90 Å². The second-order valence-corrected chi connectivity index (χ2v) is 7.45. The van der Waals surface area contributed by atoms with Crippen molar-refractivity contribution >= 4 is 34.7 Å². The van der Waals surface area contributed by atoms with Crippen molar-refractivity contribution in [2.45, 2.75) is 12.6 Å². The molecular formula is C23H17Cl2NO2. The highest BCUT2D eigenvalue weighted by molar-refractivity contribution is 6.31. The summed E-state index contributed by atoms with van der Waals surface area (Å²) in [6, 6.07) is 23.7. The Kier molecular flexibility index (Phi) is 5.12. The van der Waals surface area contributed by atoms with E-state index in [4.69, 9.17) is 23.2 Å². The van der Waals surface area contributed by atoms with E-state index < -0.39 is 11.9 Å². The number of benzene rings is 3. The molecule has 3 aromatic carbocycles. The molecule has 0 unspecified atom stereocenters. The molecule has 1 heterocycles. The Morgan fingerprint density at radius 2 is 1.50 bits per heavy atom. The van der Waals surface area contributed by atoms with Crippen LogP contribution < -0.4 is 0 Å². The van der Waals surface area contributed by atoms with Crippen molar-refractivity contribution in [3.05, 3.63) is 111 Å². The van der Waals surface area contributed by atoms with Gasteiger partial charge in [0.25, 0.3) is 5.91 Å². The summed E-state index contributed by atoms with van der Waals surface area (Å²) in [7, 11) is 0. The summed E-state index contributed by atoms with van der Waals surface area (Å²) >= 11 is 12.4. The van der Waals surface area contributed by atoms with E-state index in [2.05, 4.69) is 0 Å². The number of carbonyl (C=O) groups is 1. The second kappa shape index (κ2) is 7.70. The zero-order chi connectivity index (χ0) is 19.7. The number of aliphatic hydroxyl groups excluding tert-OH is 1. The van der Waals surface area contributed by atoms with Crippen LogP contribution in [0.1, 0.15) is 22.7 Å². The fourth-order valence-electron chi connectivity index (χ4n) is 3.53. The van der Waals surface area contributed by atoms with Gasteiger partial charge < -0.3 is 10.0 Å². The molecule has 0 saturated carbocycles. The first-order valence-electron chi connectivity index (χ1n) is 8.84. The molecule has 0 aromatic heterocycles. The van der Waals surface area contributed by atoms with E-state index in [0.29, 0.717) is 15.6 Å². The summed E-state index contributed by atoms with van der Waals surface area (Å²) in [4.78, 5) is 14.6. The highest BCUT2D eigenvalue weighted by Crippen LogP contribution is 2.44. The van der Waals surface area contributed by atoms with E-state index in [1.54, 1.807) is 23.1 Å². The molecule has 0 spiro atoms. The predicted octanol–water partition coefficient (Wildman–Crippen LogP) is 6.05. The van der Waals surface area contributed by atoms with Gasteiger partial charge in [-0.05, 0) is 34.9 Å². The van der Waals surface area contributed by atoms with Crippen LogP contribution in [0.2, 0.25) is 10.0 Å². The first kappa shape index (κ1) is 18.6. The minimum atomic E-state index is -0.441. The highest BCUT2D eigenvalue weighted by Gasteiger charge is 2.41. The largest absolute Gasteiger partial charge is 0.503 e. The summed E-state index contributed by atoms with van der Waals surface area (Å²) in [5.41, 5.74) is 3.07. The number of hydrogen-bond acceptors (Lipinski definition) is 2. The van der Waals surface area contributed by atoms with Crippen molar-refractivity contribution in [2.75, 3.05) is 0 Å². The van der Waals surface area contributed by atoms with Gasteiger partial charge in [-0.3, -0.25) is 4.79 Å². The number of hydrogen-bond donors (Lipinski definition) is 1. The Morgan fingerprint density at radius 3 is 2.18 bits per heavy atom. The van der Waals surface area contributed by atoms with Gasteiger partial charge in [0.2, 0.25) is 0 Å². The van der Waals surface area contributed by atoms with Crippen LogP contribution in [0.25, 0.3) is 5.57 Å². The monoisotopic (exact) mass is 409 g/mol. The van der Waals surface area contributed by atoms with Crippen molar-refractivity contribution in [1.29, 1.82) is 0 Å². The first-order chi connectivity index (χ1) is 13.6. The zero-order valence-corrected chi connectivity index (χ0v) is 16.4. The molecule has 4 rings (SSSR count). The lowest BCUT2D eigenvalue weighted by Gasteiger charge is -2.28. The Bertz CT molecular complexity index is 1050. The molecule has 0 fully saturated rings. The number of amides is 1. The van der Waals surface area contributed by atoms with Crippen LogP contribution in [0.3, 0.4) is 0 Å². The maximum Gasteiger partial charge on any atom is 0.290 e. The molecule has 0 radical (unpaired) electrons. The van der Waals surface area contributed by atoms with Gasteiger partial charge in [-0.25, -0.2) is 0 Å². The van der Waals surface area contributed by atoms with E-state index in [1.807, 2.05) is 60.7 Å². The molecule has 1 amide bonds. The summed E-state index contributed by atoms with van der Waals surface area (Å²) in [5, 5.41) is 11.9. The molecule has 0 aliphatic carbocycles. The van der Waals surface area contributed by atoms with Crippen molar-refractivity contribution < 1.29 is 9.90 Å². The van der Waals surface area contributed by atoms with E-state index in [0.717, 1.165) is 16.7 Å². The van der Waals surface area contributed by atoms with Gasteiger partial charge in [0, 0.05) is 22.2 Å². The van der Waals surface area contributed by atoms with E-state index >= 15 is 0 Å². The van der Waals surface area contributed by atoms with Crippen molar-refractivity contribution in [3.8, 4) is 0 Å². The van der Waals surface area contributed by atoms with Crippen LogP contribution in [0, 0.1) is 0 Å². The summed E-state index contributed by atoms with van der Waals surface area (Å²) in [5.74, 6) is -0.656. The fraction of sp³-hybridized carbons (Fsp3) is 0.0870. The van der Waals surface area contributed by atoms with Gasteiger partial charge in [-0.15, -0.1) is 0 Å². The molecule has 0 bridgehead atoms. The number of rotatable bonds is 4. The minimum absolute atomic E-state index is 0.238. The highest BCUT2D eigenvalue weighted by atomic mass is 35.5. The third-order valence-electron chi connectivity index (χ3n) is 4.87. The van der Waals surface area contributed by atoms with Crippen LogP contribution in [0.5, 0.6) is 0 Å². The number of halogens is 2. The lowest BCUT2D eigenvalue weighted by atomic mass is 9.93. The Labute approximate surface area is 173 Å². The SMILES string of the molecule is O=C1C(O)=C(c2ccccc2)[C@@H](c2ccc(Cl)cc2)N1Cc1ccccc1Cl. The number of carbonyl (C=O) groups excluding carboxylic acids is 1. The second-order valence-electron chi connectivity index (χ2n) is 6.61. The standard InChI is InChI=1S/C23H17Cl2NO2/c24-18-12-10-16(11-13-18)21-20(15-6-2-1-3-7-15)22(27)23(28)26(21)14-17-8-4-5-9-19(17)25/h1-13,21,27H,14H2/t21-/m1/s1. The Hall–Kier alpha value is -2.75. The molecule has 28 heavy (non-hydrogen) atoms. The average molecular weight is 410 g/mol. The quantitative estimate of drug-likeness (QED) is 0.569. The molecule has 140 valence electrons. The molecule has 5 heteroatoms. The predicted molar refractivity (Wildman–Crippen MR) is 112 cm³/mol. The maximum absolute atomic E-state index is 13.0. The van der Waals surface area contributed by atoms with Crippen LogP contribution in [0.4, 0.5) is 0 Å². The van der Waals surface area contributed by atoms with Gasteiger partial charge >= 0.3 is 0 Å². The van der Waals surface area contributed by atoms with E-state index in [9.17, 15) is 9.90 Å². The van der Waals surface area contributed by atoms with E-state index in [1.165, 1.54) is 0 Å². The normalized spacial score (nSPS) is 16.7. The molecular weight excluding hydrogens is 393 g/mol. The number of aliphatic hydroxyl groups is 1. The minimum Gasteiger partial charge on any atom is -0.503 e. The lowest BCUT2D eigenvalue weighted by molar-refractivity contribution is -0.130.